The van der Waals surface area contributed by atoms with Crippen LogP contribution >= 0.6 is 11.3 Å². The zero-order valence-corrected chi connectivity index (χ0v) is 63.5. The number of fused-ring (bicyclic) bond motifs is 11. The average molecular weight is 1420 g/mol. The van der Waals surface area contributed by atoms with E-state index in [2.05, 4.69) is 380 Å². The fourth-order valence-corrected chi connectivity index (χ4v) is 19.7. The summed E-state index contributed by atoms with van der Waals surface area (Å²) in [5.74, 6) is 0. The molecule has 0 saturated heterocycles. The van der Waals surface area contributed by atoms with Gasteiger partial charge in [-0.05, 0) is 203 Å². The summed E-state index contributed by atoms with van der Waals surface area (Å²) in [5.41, 5.74) is 22.9. The summed E-state index contributed by atoms with van der Waals surface area (Å²) in [6.07, 6.45) is 0. The SMILES string of the molecule is [2H]c1c([2H])c(-n2c3ccccc3c3ccccc32)c([2H])c2c1B1c3sc4cc(-c5c6ccccc6c(-c6ccccc6)c6ccccc56)ccc4c3N(c3c(-c4ccccc4)cc(C(C)(C)C)cc3-c3ccccc3)c3cc(C(C)(C)C)cc(c31)N2c1ccc(C(C)(C)C)cc1-c1ccc2ccc3cccc4ccc1c2c34. The maximum Gasteiger partial charge on any atom is 0.264 e. The molecule has 2 aromatic heterocycles. The van der Waals surface area contributed by atoms with Gasteiger partial charge in [0, 0.05) is 65.1 Å². The van der Waals surface area contributed by atoms with Crippen molar-refractivity contribution in [1.82, 2.24) is 4.57 Å². The maximum absolute atomic E-state index is 11.7. The molecule has 4 heterocycles. The highest BCUT2D eigenvalue weighted by molar-refractivity contribution is 7.33. The molecule has 5 heteroatoms. The molecule has 19 aromatic rings. The highest BCUT2D eigenvalue weighted by Gasteiger charge is 2.48. The largest absolute Gasteiger partial charge is 0.311 e. The third-order valence-electron chi connectivity index (χ3n) is 23.6. The number of aromatic nitrogens is 1. The molecule has 17 aromatic carbocycles. The van der Waals surface area contributed by atoms with Gasteiger partial charge in [-0.25, -0.2) is 0 Å². The number of hydrogen-bond donors (Lipinski definition) is 0. The summed E-state index contributed by atoms with van der Waals surface area (Å²) < 4.78 is 38.5. The second-order valence-corrected chi connectivity index (χ2v) is 34.3. The van der Waals surface area contributed by atoms with Gasteiger partial charge < -0.3 is 14.4 Å². The minimum atomic E-state index is -0.655. The van der Waals surface area contributed by atoms with E-state index in [9.17, 15) is 4.11 Å². The molecule has 520 valence electrons. The van der Waals surface area contributed by atoms with Crippen molar-refractivity contribution >= 4 is 154 Å². The Morgan fingerprint density at radius 1 is 0.321 bits per heavy atom. The lowest BCUT2D eigenvalue weighted by Crippen LogP contribution is -2.60. The van der Waals surface area contributed by atoms with Crippen molar-refractivity contribution in [1.29, 1.82) is 0 Å². The molecule has 0 radical (unpaired) electrons. The first kappa shape index (κ1) is 61.8. The van der Waals surface area contributed by atoms with Gasteiger partial charge in [0.15, 0.2) is 0 Å². The first-order chi connectivity index (χ1) is 54.3. The lowest BCUT2D eigenvalue weighted by Gasteiger charge is -2.45. The highest BCUT2D eigenvalue weighted by atomic mass is 32.1. The number of hydrogen-bond acceptors (Lipinski definition) is 3. The van der Waals surface area contributed by atoms with Gasteiger partial charge in [0.1, 0.15) is 0 Å². The molecular formula is C104H80BN3S. The Hall–Kier alpha value is -12.3. The van der Waals surface area contributed by atoms with Crippen LogP contribution in [0.5, 0.6) is 0 Å². The topological polar surface area (TPSA) is 11.4 Å². The van der Waals surface area contributed by atoms with Crippen LogP contribution < -0.4 is 25.5 Å². The van der Waals surface area contributed by atoms with Gasteiger partial charge in [-0.1, -0.05) is 317 Å². The van der Waals surface area contributed by atoms with Crippen LogP contribution in [0.2, 0.25) is 0 Å². The van der Waals surface area contributed by atoms with Crippen LogP contribution in [0.3, 0.4) is 0 Å². The third-order valence-corrected chi connectivity index (χ3v) is 24.9. The Morgan fingerprint density at radius 3 is 1.38 bits per heavy atom. The van der Waals surface area contributed by atoms with Crippen LogP contribution in [0.4, 0.5) is 34.1 Å². The second kappa shape index (κ2) is 24.1. The van der Waals surface area contributed by atoms with E-state index in [1.54, 1.807) is 11.3 Å². The number of nitrogens with zero attached hydrogens (tertiary/aromatic N) is 3. The standard InChI is InChI=1S/C104H80BN3S/c1-102(2,3)70-49-55-89(85(57-70)74-51-46-68-45-44-66-34-27-35-67-47-52-81(74)97(68)94(66)67)107-90-62-73(106-87-42-25-23-36-75(87)76-37-24-26-43-88(76)106)50-54-86(90)105-98-91(107)60-72(104(7,8)9)61-92(98)108(99-83(63-28-13-10-14-29-63)58-71(103(4,5)6)59-84(99)64-30-15-11-16-31-64)100-82-53-48-69(56-93(82)109-101(100)105)96-79-40-21-19-38-77(79)95(65-32-17-12-18-33-65)78-39-20-22-41-80(78)96/h10-62H,1-9H3/i50D,54D,62D. The van der Waals surface area contributed by atoms with E-state index in [-0.39, 0.29) is 29.0 Å². The lowest BCUT2D eigenvalue weighted by atomic mass is 9.36. The van der Waals surface area contributed by atoms with Crippen LogP contribution in [-0.2, 0) is 16.2 Å². The van der Waals surface area contributed by atoms with E-state index >= 15 is 0 Å². The van der Waals surface area contributed by atoms with Crippen molar-refractivity contribution in [2.75, 3.05) is 9.80 Å². The van der Waals surface area contributed by atoms with Gasteiger partial charge in [0.2, 0.25) is 0 Å². The van der Waals surface area contributed by atoms with Gasteiger partial charge in [0.05, 0.1) is 32.2 Å². The zero-order valence-electron chi connectivity index (χ0n) is 65.7. The number of anilines is 6. The highest BCUT2D eigenvalue weighted by Crippen LogP contribution is 2.57. The number of benzene rings is 17. The predicted octanol–water partition coefficient (Wildman–Crippen LogP) is 27.5. The molecule has 0 amide bonds. The minimum Gasteiger partial charge on any atom is -0.311 e. The smallest absolute Gasteiger partial charge is 0.264 e. The molecule has 0 aliphatic carbocycles. The Morgan fingerprint density at radius 2 is 0.798 bits per heavy atom. The Bertz CT molecular complexity index is 6990. The summed E-state index contributed by atoms with van der Waals surface area (Å²) in [7, 11) is 0. The molecular weight excluding hydrogens is 1330 g/mol. The Kier molecular flexibility index (Phi) is 13.7. The summed E-state index contributed by atoms with van der Waals surface area (Å²) in [5, 5.41) is 15.0. The van der Waals surface area contributed by atoms with Crippen LogP contribution in [0.15, 0.2) is 321 Å². The lowest BCUT2D eigenvalue weighted by molar-refractivity contribution is 0.590. The number of rotatable bonds is 8. The Labute approximate surface area is 645 Å². The first-order valence-corrected chi connectivity index (χ1v) is 39.2. The molecule has 2 aliphatic rings. The molecule has 0 saturated carbocycles. The van der Waals surface area contributed by atoms with Crippen LogP contribution in [0.1, 0.15) is 83.1 Å². The summed E-state index contributed by atoms with van der Waals surface area (Å²) >= 11 is 1.80. The van der Waals surface area contributed by atoms with Crippen LogP contribution in [0, 0.1) is 0 Å². The molecule has 0 N–H and O–H groups in total. The molecule has 109 heavy (non-hydrogen) atoms. The minimum absolute atomic E-state index is 0.00202. The molecule has 0 spiro atoms. The molecule has 0 atom stereocenters. The average Bonchev–Trinajstić information content (AvgIpc) is 1.38. The third kappa shape index (κ3) is 10.0. The Balaban J connectivity index is 0.945. The van der Waals surface area contributed by atoms with Crippen LogP contribution in [0.25, 0.3) is 147 Å². The summed E-state index contributed by atoms with van der Waals surface area (Å²) in [4.78, 5) is 5.07. The predicted molar refractivity (Wildman–Crippen MR) is 472 cm³/mol. The molecule has 2 aliphatic heterocycles. The van der Waals surface area contributed by atoms with Gasteiger partial charge >= 0.3 is 0 Å². The van der Waals surface area contributed by atoms with E-state index < -0.39 is 12.1 Å². The zero-order chi connectivity index (χ0) is 76.1. The molecule has 0 fully saturated rings. The van der Waals surface area contributed by atoms with Crippen LogP contribution in [-0.4, -0.2) is 11.3 Å². The van der Waals surface area contributed by atoms with Crippen molar-refractivity contribution in [3.8, 4) is 61.3 Å². The van der Waals surface area contributed by atoms with E-state index in [4.69, 9.17) is 0 Å². The summed E-state index contributed by atoms with van der Waals surface area (Å²) in [6.45, 7) is 20.2. The summed E-state index contributed by atoms with van der Waals surface area (Å²) in [6, 6.07) is 112. The van der Waals surface area contributed by atoms with Crippen molar-refractivity contribution in [3.63, 3.8) is 0 Å². The van der Waals surface area contributed by atoms with E-state index in [0.29, 0.717) is 16.8 Å². The normalized spacial score (nSPS) is 13.5. The maximum atomic E-state index is 11.7. The first-order valence-electron chi connectivity index (χ1n) is 39.8. The van der Waals surface area contributed by atoms with Crippen molar-refractivity contribution < 1.29 is 4.11 Å². The molecule has 0 unspecified atom stereocenters. The fraction of sp³-hybridized carbons (Fsp3) is 0.115. The second-order valence-electron chi connectivity index (χ2n) is 33.2. The van der Waals surface area contributed by atoms with Gasteiger partial charge in [-0.15, -0.1) is 11.3 Å². The van der Waals surface area contributed by atoms with Gasteiger partial charge in [-0.2, -0.15) is 0 Å². The van der Waals surface area contributed by atoms with Crippen molar-refractivity contribution in [3.05, 3.63) is 338 Å². The number of thiophene rings is 1. The van der Waals surface area contributed by atoms with E-state index in [0.717, 1.165) is 120 Å². The van der Waals surface area contributed by atoms with Gasteiger partial charge in [0.25, 0.3) is 6.71 Å². The fourth-order valence-electron chi connectivity index (χ4n) is 18.3. The molecule has 3 nitrogen and oxygen atoms in total. The van der Waals surface area contributed by atoms with Crippen molar-refractivity contribution in [2.24, 2.45) is 0 Å². The monoisotopic (exact) mass is 1420 g/mol. The quantitative estimate of drug-likeness (QED) is 0.0853. The van der Waals surface area contributed by atoms with Gasteiger partial charge in [-0.3, -0.25) is 0 Å². The molecule has 0 bridgehead atoms. The van der Waals surface area contributed by atoms with E-state index in [1.807, 2.05) is 0 Å². The van der Waals surface area contributed by atoms with Crippen molar-refractivity contribution in [2.45, 2.75) is 78.6 Å². The van der Waals surface area contributed by atoms with E-state index in [1.165, 1.54) is 76.3 Å². The number of para-hydroxylation sites is 2. The molecule has 21 rings (SSSR count).